The molecular weight excluding hydrogens is 580 g/mol. The van der Waals surface area contributed by atoms with Crippen molar-refractivity contribution in [3.8, 4) is 0 Å². The molecule has 3 amide bonds. The summed E-state index contributed by atoms with van der Waals surface area (Å²) < 4.78 is 44.8. The van der Waals surface area contributed by atoms with E-state index in [1.54, 1.807) is 42.7 Å². The molecule has 2 aliphatic rings. The van der Waals surface area contributed by atoms with E-state index in [0.717, 1.165) is 19.3 Å². The molecule has 1 unspecified atom stereocenters. The van der Waals surface area contributed by atoms with Gasteiger partial charge in [0.05, 0.1) is 12.0 Å². The number of likely N-dealkylation sites (N-methyl/N-ethyl adjacent to an activating group) is 1. The van der Waals surface area contributed by atoms with Gasteiger partial charge in [0.1, 0.15) is 18.5 Å². The van der Waals surface area contributed by atoms with Crippen molar-refractivity contribution in [2.45, 2.75) is 77.3 Å². The van der Waals surface area contributed by atoms with Gasteiger partial charge in [-0.25, -0.2) is 19.7 Å². The molecular formula is C27H35N8O7S-. The molecule has 0 saturated carbocycles. The average Bonchev–Trinajstić information content (AvgIpc) is 3.62. The zero-order valence-corrected chi connectivity index (χ0v) is 25.1. The molecule has 0 bridgehead atoms. The first-order valence-electron chi connectivity index (χ1n) is 14.1. The van der Waals surface area contributed by atoms with E-state index in [2.05, 4.69) is 30.9 Å². The number of nitrogens with zero attached hydrogens (tertiary/aromatic N) is 5. The number of ether oxygens (including phenoxy) is 3. The number of nitrogens with one attached hydrogen (secondary N) is 3. The summed E-state index contributed by atoms with van der Waals surface area (Å²) in [5, 5.41) is 8.16. The number of rotatable bonds is 11. The van der Waals surface area contributed by atoms with Crippen molar-refractivity contribution >= 4 is 51.6 Å². The number of benzene rings is 1. The van der Waals surface area contributed by atoms with Crippen LogP contribution in [0.25, 0.3) is 11.2 Å². The predicted molar refractivity (Wildman–Crippen MR) is 157 cm³/mol. The van der Waals surface area contributed by atoms with E-state index < -0.39 is 47.6 Å². The van der Waals surface area contributed by atoms with Crippen LogP contribution < -0.4 is 20.3 Å². The second-order valence-corrected chi connectivity index (χ2v) is 11.5. The average molecular weight is 616 g/mol. The molecule has 0 radical (unpaired) electrons. The van der Waals surface area contributed by atoms with Crippen LogP contribution in [0.5, 0.6) is 0 Å². The van der Waals surface area contributed by atoms with Crippen molar-refractivity contribution in [1.82, 2.24) is 24.8 Å². The number of hydrogen-bond donors (Lipinski definition) is 3. The molecule has 0 spiro atoms. The van der Waals surface area contributed by atoms with Gasteiger partial charge in [0, 0.05) is 30.0 Å². The Labute approximate surface area is 251 Å². The summed E-state index contributed by atoms with van der Waals surface area (Å²) >= 11 is -2.46. The fourth-order valence-corrected chi connectivity index (χ4v) is 5.78. The summed E-state index contributed by atoms with van der Waals surface area (Å²) in [4.78, 5) is 38.7. The Balaban J connectivity index is 1.33. The Kier molecular flexibility index (Phi) is 9.22. The van der Waals surface area contributed by atoms with E-state index in [4.69, 9.17) is 14.2 Å². The first-order chi connectivity index (χ1) is 20.6. The van der Waals surface area contributed by atoms with Gasteiger partial charge in [-0.2, -0.15) is 0 Å². The molecule has 2 aromatic heterocycles. The molecule has 3 N–H and O–H groups in total. The Morgan fingerprint density at radius 2 is 1.91 bits per heavy atom. The number of amides is 3. The standard InChI is InChI=1S/C27H36N8O7S/c1-5-7-8-12-35(43(38)39)17-11-9-10-16(13-17)32-26(37)33-22-18-23(30-14-29-22)34(15-31-18)25-21-19(41-27(3,4)42-21)20(40-25)24(36)28-6-2/h9-11,13-15,19-21,25H,5-8,12H2,1-4H3,(H,28,36)(H,38,39)(H2,29,30,32,33,37)/p-1/t19-,20+,21-,25-/m1/s1. The number of imidazole rings is 1. The molecule has 2 aliphatic heterocycles. The third-order valence-electron chi connectivity index (χ3n) is 7.04. The van der Waals surface area contributed by atoms with Crippen LogP contribution in [0.2, 0.25) is 0 Å². The first kappa shape index (κ1) is 30.7. The molecule has 0 aliphatic carbocycles. The van der Waals surface area contributed by atoms with Gasteiger partial charge in [-0.05, 0) is 45.4 Å². The molecule has 16 heteroatoms. The van der Waals surface area contributed by atoms with Crippen molar-refractivity contribution in [2.75, 3.05) is 28.0 Å². The van der Waals surface area contributed by atoms with Gasteiger partial charge in [-0.15, -0.1) is 0 Å². The maximum atomic E-state index is 13.0. The lowest BCUT2D eigenvalue weighted by Crippen LogP contribution is -2.42. The van der Waals surface area contributed by atoms with Gasteiger partial charge >= 0.3 is 6.03 Å². The molecule has 43 heavy (non-hydrogen) atoms. The Morgan fingerprint density at radius 3 is 2.65 bits per heavy atom. The molecule has 1 aromatic carbocycles. The maximum absolute atomic E-state index is 13.0. The second kappa shape index (κ2) is 12.9. The second-order valence-electron chi connectivity index (χ2n) is 10.6. The molecule has 2 fully saturated rings. The Bertz CT molecular complexity index is 1500. The van der Waals surface area contributed by atoms with Crippen molar-refractivity contribution in [2.24, 2.45) is 0 Å². The van der Waals surface area contributed by atoms with E-state index in [9.17, 15) is 18.4 Å². The fraction of sp³-hybridized carbons (Fsp3) is 0.519. The summed E-state index contributed by atoms with van der Waals surface area (Å²) in [7, 11) is 0. The lowest BCUT2D eigenvalue weighted by molar-refractivity contribution is -0.197. The molecule has 2 saturated heterocycles. The topological polar surface area (TPSA) is 185 Å². The highest BCUT2D eigenvalue weighted by Gasteiger charge is 2.58. The Hall–Kier alpha value is -3.70. The summed E-state index contributed by atoms with van der Waals surface area (Å²) in [6.45, 7) is 8.17. The molecule has 15 nitrogen and oxygen atoms in total. The van der Waals surface area contributed by atoms with Crippen molar-refractivity contribution in [3.05, 3.63) is 36.9 Å². The third kappa shape index (κ3) is 6.62. The zero-order chi connectivity index (χ0) is 30.7. The minimum Gasteiger partial charge on any atom is -0.755 e. The van der Waals surface area contributed by atoms with Crippen LogP contribution in [0, 0.1) is 0 Å². The van der Waals surface area contributed by atoms with E-state index >= 15 is 0 Å². The van der Waals surface area contributed by atoms with Gasteiger partial charge < -0.3 is 33.7 Å². The quantitative estimate of drug-likeness (QED) is 0.214. The number of carbonyl (C=O) groups is 2. The molecule has 232 valence electrons. The van der Waals surface area contributed by atoms with Crippen LogP contribution in [-0.2, 0) is 30.3 Å². The van der Waals surface area contributed by atoms with Gasteiger partial charge in [0.25, 0.3) is 5.91 Å². The Morgan fingerprint density at radius 1 is 1.12 bits per heavy atom. The van der Waals surface area contributed by atoms with Crippen LogP contribution in [-0.4, -0.2) is 77.4 Å². The lowest BCUT2D eigenvalue weighted by atomic mass is 10.1. The number of carbonyl (C=O) groups excluding carboxylic acids is 2. The van der Waals surface area contributed by atoms with E-state index in [1.807, 2.05) is 13.8 Å². The van der Waals surface area contributed by atoms with Crippen molar-refractivity contribution in [3.63, 3.8) is 0 Å². The SMILES string of the molecule is CCCCCN(c1cccc(NC(=O)Nc2ncnc3c2ncn3[C@@H]2O[C@H](C(=O)NCC)[C@H]3OC(C)(C)O[C@H]32)c1)S(=O)[O-]. The van der Waals surface area contributed by atoms with Crippen molar-refractivity contribution < 1.29 is 32.6 Å². The summed E-state index contributed by atoms with van der Waals surface area (Å²) in [6.07, 6.45) is 2.39. The van der Waals surface area contributed by atoms with E-state index in [-0.39, 0.29) is 17.2 Å². The van der Waals surface area contributed by atoms with Crippen LogP contribution >= 0.6 is 0 Å². The maximum Gasteiger partial charge on any atom is 0.324 e. The molecule has 5 rings (SSSR count). The van der Waals surface area contributed by atoms with Gasteiger partial charge in [-0.1, -0.05) is 25.8 Å². The van der Waals surface area contributed by atoms with Crippen molar-refractivity contribution in [1.29, 1.82) is 0 Å². The van der Waals surface area contributed by atoms with Gasteiger partial charge in [-0.3, -0.25) is 18.9 Å². The van der Waals surface area contributed by atoms with E-state index in [0.29, 0.717) is 30.1 Å². The first-order valence-corrected chi connectivity index (χ1v) is 15.2. The number of urea groups is 1. The number of anilines is 3. The lowest BCUT2D eigenvalue weighted by Gasteiger charge is -2.26. The number of aromatic nitrogens is 4. The van der Waals surface area contributed by atoms with Crippen LogP contribution in [0.15, 0.2) is 36.9 Å². The van der Waals surface area contributed by atoms with E-state index in [1.165, 1.54) is 17.0 Å². The van der Waals surface area contributed by atoms with Gasteiger partial charge in [0.15, 0.2) is 35.1 Å². The summed E-state index contributed by atoms with van der Waals surface area (Å²) in [5.41, 5.74) is 1.46. The van der Waals surface area contributed by atoms with Crippen LogP contribution in [0.3, 0.4) is 0 Å². The smallest absolute Gasteiger partial charge is 0.324 e. The minimum absolute atomic E-state index is 0.137. The molecule has 3 aromatic rings. The number of hydrogen-bond acceptors (Lipinski definition) is 10. The van der Waals surface area contributed by atoms with Gasteiger partial charge in [0.2, 0.25) is 0 Å². The highest BCUT2D eigenvalue weighted by Crippen LogP contribution is 2.44. The number of unbranched alkanes of at least 4 members (excludes halogenated alkanes) is 2. The van der Waals surface area contributed by atoms with Crippen LogP contribution in [0.4, 0.5) is 22.0 Å². The number of fused-ring (bicyclic) bond motifs is 2. The zero-order valence-electron chi connectivity index (χ0n) is 24.3. The molecule has 5 atom stereocenters. The fourth-order valence-electron chi connectivity index (χ4n) is 5.22. The highest BCUT2D eigenvalue weighted by atomic mass is 32.2. The monoisotopic (exact) mass is 615 g/mol. The summed E-state index contributed by atoms with van der Waals surface area (Å²) in [6, 6.07) is 5.94. The summed E-state index contributed by atoms with van der Waals surface area (Å²) in [5.74, 6) is -1.10. The minimum atomic E-state index is -2.46. The normalized spacial score (nSPS) is 23.1. The largest absolute Gasteiger partial charge is 0.755 e. The predicted octanol–water partition coefficient (Wildman–Crippen LogP) is 2.81. The van der Waals surface area contributed by atoms with Crippen LogP contribution in [0.1, 0.15) is 53.2 Å². The molecule has 4 heterocycles. The third-order valence-corrected chi connectivity index (χ3v) is 7.79. The highest BCUT2D eigenvalue weighted by molar-refractivity contribution is 7.80.